The molecule has 12 heteroatoms. The van der Waals surface area contributed by atoms with Gasteiger partial charge < -0.3 is 36.5 Å². The van der Waals surface area contributed by atoms with Crippen molar-refractivity contribution in [2.45, 2.75) is 44.0 Å². The molecule has 2 aromatic heterocycles. The summed E-state index contributed by atoms with van der Waals surface area (Å²) in [6.07, 6.45) is 4.62. The molecule has 0 radical (unpaired) electrons. The van der Waals surface area contributed by atoms with E-state index in [4.69, 9.17) is 5.73 Å². The number of carboxylic acid groups (broad SMARTS) is 1. The number of carbonyl (C=O) groups is 3. The second-order valence-electron chi connectivity index (χ2n) is 6.29. The number of aliphatic carboxylic acids is 1. The highest BCUT2D eigenvalue weighted by atomic mass is 16.4. The second-order valence-corrected chi connectivity index (χ2v) is 6.29. The van der Waals surface area contributed by atoms with E-state index in [0.29, 0.717) is 11.4 Å². The molecule has 0 fully saturated rings. The standard InChI is InChI=1S/C16H23N7O5/c1-8(24)13(17)15(26)22-11(2-9-4-18-6-20-9)14(25)23-12(16(27)28)3-10-5-19-7-21-10/h4-8,11-13,24H,2-3,17H2,1H3,(H,18,20)(H,19,21)(H,22,26)(H,23,25)(H,27,28)/t8-,11+,12+,13+/m1/s1. The predicted octanol–water partition coefficient (Wildman–Crippen LogP) is -2.32. The SMILES string of the molecule is C[C@@H](O)[C@H](N)C(=O)N[C@@H](Cc1cnc[nH]1)C(=O)N[C@@H](Cc1cnc[nH]1)C(=O)O. The molecule has 28 heavy (non-hydrogen) atoms. The number of rotatable bonds is 10. The van der Waals surface area contributed by atoms with Crippen LogP contribution in [0.2, 0.25) is 0 Å². The summed E-state index contributed by atoms with van der Waals surface area (Å²) in [5, 5.41) is 23.7. The summed E-state index contributed by atoms with van der Waals surface area (Å²) in [7, 11) is 0. The number of aromatic nitrogens is 4. The number of hydrogen-bond donors (Lipinski definition) is 7. The summed E-state index contributed by atoms with van der Waals surface area (Å²) in [4.78, 5) is 49.6. The second kappa shape index (κ2) is 9.62. The van der Waals surface area contributed by atoms with Crippen molar-refractivity contribution < 1.29 is 24.6 Å². The number of aliphatic hydroxyl groups excluding tert-OH is 1. The highest BCUT2D eigenvalue weighted by Crippen LogP contribution is 2.04. The molecule has 2 amide bonds. The van der Waals surface area contributed by atoms with Crippen LogP contribution in [0.1, 0.15) is 18.3 Å². The molecule has 2 heterocycles. The molecule has 0 bridgehead atoms. The summed E-state index contributed by atoms with van der Waals surface area (Å²) in [6, 6.07) is -3.60. The van der Waals surface area contributed by atoms with Gasteiger partial charge in [0.2, 0.25) is 11.8 Å². The molecular weight excluding hydrogens is 370 g/mol. The largest absolute Gasteiger partial charge is 0.480 e. The molecule has 0 unspecified atom stereocenters. The van der Waals surface area contributed by atoms with Crippen LogP contribution in [-0.2, 0) is 27.2 Å². The number of imidazole rings is 2. The third kappa shape index (κ3) is 5.89. The first kappa shape index (κ1) is 21.1. The number of aliphatic hydroxyl groups is 1. The first-order chi connectivity index (χ1) is 13.3. The molecule has 0 saturated heterocycles. The van der Waals surface area contributed by atoms with Gasteiger partial charge in [0.15, 0.2) is 0 Å². The zero-order valence-electron chi connectivity index (χ0n) is 15.1. The van der Waals surface area contributed by atoms with Crippen molar-refractivity contribution in [2.24, 2.45) is 5.73 Å². The lowest BCUT2D eigenvalue weighted by molar-refractivity contribution is -0.142. The van der Waals surface area contributed by atoms with E-state index < -0.39 is 42.0 Å². The number of nitrogens with zero attached hydrogens (tertiary/aromatic N) is 2. The van der Waals surface area contributed by atoms with Crippen LogP contribution in [0, 0.1) is 0 Å². The Morgan fingerprint density at radius 1 is 1.04 bits per heavy atom. The maximum absolute atomic E-state index is 12.7. The molecule has 2 aromatic rings. The Morgan fingerprint density at radius 2 is 1.54 bits per heavy atom. The maximum atomic E-state index is 12.7. The van der Waals surface area contributed by atoms with Crippen molar-refractivity contribution in [3.05, 3.63) is 36.4 Å². The van der Waals surface area contributed by atoms with Crippen LogP contribution in [0.4, 0.5) is 0 Å². The highest BCUT2D eigenvalue weighted by molar-refractivity contribution is 5.92. The van der Waals surface area contributed by atoms with E-state index >= 15 is 0 Å². The Morgan fingerprint density at radius 3 is 1.96 bits per heavy atom. The minimum atomic E-state index is -1.24. The summed E-state index contributed by atoms with van der Waals surface area (Å²) in [5.41, 5.74) is 6.68. The predicted molar refractivity (Wildman–Crippen MR) is 95.7 cm³/mol. The molecule has 0 spiro atoms. The Kier molecular flexibility index (Phi) is 7.23. The molecule has 8 N–H and O–H groups in total. The Balaban J connectivity index is 2.11. The highest BCUT2D eigenvalue weighted by Gasteiger charge is 2.29. The number of hydrogen-bond acceptors (Lipinski definition) is 7. The molecule has 2 rings (SSSR count). The summed E-state index contributed by atoms with van der Waals surface area (Å²) in [5.74, 6) is -2.70. The average Bonchev–Trinajstić information content (AvgIpc) is 3.33. The van der Waals surface area contributed by atoms with Gasteiger partial charge in [0.05, 0.1) is 18.8 Å². The third-order valence-electron chi connectivity index (χ3n) is 4.03. The lowest BCUT2D eigenvalue weighted by Gasteiger charge is -2.23. The number of amides is 2. The van der Waals surface area contributed by atoms with E-state index in [2.05, 4.69) is 30.6 Å². The summed E-state index contributed by atoms with van der Waals surface area (Å²) < 4.78 is 0. The van der Waals surface area contributed by atoms with E-state index in [-0.39, 0.29) is 12.8 Å². The van der Waals surface area contributed by atoms with Gasteiger partial charge >= 0.3 is 5.97 Å². The first-order valence-electron chi connectivity index (χ1n) is 8.49. The van der Waals surface area contributed by atoms with Crippen LogP contribution in [-0.4, -0.2) is 72.2 Å². The minimum absolute atomic E-state index is 0.0149. The minimum Gasteiger partial charge on any atom is -0.480 e. The third-order valence-corrected chi connectivity index (χ3v) is 4.03. The number of nitrogens with two attached hydrogens (primary N) is 1. The van der Waals surface area contributed by atoms with E-state index in [9.17, 15) is 24.6 Å². The van der Waals surface area contributed by atoms with Crippen molar-refractivity contribution in [1.82, 2.24) is 30.6 Å². The Bertz CT molecular complexity index is 775. The van der Waals surface area contributed by atoms with Gasteiger partial charge in [0, 0.05) is 36.6 Å². The van der Waals surface area contributed by atoms with E-state index in [1.165, 1.54) is 32.0 Å². The number of H-pyrrole nitrogens is 2. The molecule has 152 valence electrons. The number of carboxylic acids is 1. The smallest absolute Gasteiger partial charge is 0.326 e. The van der Waals surface area contributed by atoms with Gasteiger partial charge in [0.25, 0.3) is 0 Å². The zero-order chi connectivity index (χ0) is 20.7. The zero-order valence-corrected chi connectivity index (χ0v) is 15.1. The van der Waals surface area contributed by atoms with Crippen LogP contribution in [0.15, 0.2) is 25.0 Å². The van der Waals surface area contributed by atoms with Gasteiger partial charge in [-0.2, -0.15) is 0 Å². The van der Waals surface area contributed by atoms with Crippen molar-refractivity contribution >= 4 is 17.8 Å². The number of nitrogens with one attached hydrogen (secondary N) is 4. The van der Waals surface area contributed by atoms with Gasteiger partial charge in [-0.3, -0.25) is 9.59 Å². The molecule has 0 aromatic carbocycles. The molecule has 4 atom stereocenters. The van der Waals surface area contributed by atoms with Gasteiger partial charge in [0.1, 0.15) is 18.1 Å². The molecule has 0 aliphatic heterocycles. The van der Waals surface area contributed by atoms with Crippen molar-refractivity contribution in [2.75, 3.05) is 0 Å². The number of carbonyl (C=O) groups excluding carboxylic acids is 2. The van der Waals surface area contributed by atoms with Gasteiger partial charge in [-0.25, -0.2) is 14.8 Å². The van der Waals surface area contributed by atoms with E-state index in [1.54, 1.807) is 0 Å². The fraction of sp³-hybridized carbons (Fsp3) is 0.438. The Hall–Kier alpha value is -3.25. The van der Waals surface area contributed by atoms with Gasteiger partial charge in [-0.1, -0.05) is 0 Å². The molecule has 12 nitrogen and oxygen atoms in total. The topological polar surface area (TPSA) is 199 Å². The van der Waals surface area contributed by atoms with Crippen LogP contribution in [0.5, 0.6) is 0 Å². The van der Waals surface area contributed by atoms with Crippen molar-refractivity contribution in [3.63, 3.8) is 0 Å². The van der Waals surface area contributed by atoms with Crippen molar-refractivity contribution in [3.8, 4) is 0 Å². The Labute approximate surface area is 160 Å². The fourth-order valence-corrected chi connectivity index (χ4v) is 2.40. The molecular formula is C16H23N7O5. The van der Waals surface area contributed by atoms with Gasteiger partial charge in [-0.15, -0.1) is 0 Å². The molecule has 0 saturated carbocycles. The van der Waals surface area contributed by atoms with Crippen molar-refractivity contribution in [1.29, 1.82) is 0 Å². The lowest BCUT2D eigenvalue weighted by atomic mass is 10.1. The van der Waals surface area contributed by atoms with Crippen LogP contribution >= 0.6 is 0 Å². The fourth-order valence-electron chi connectivity index (χ4n) is 2.40. The molecule has 0 aliphatic carbocycles. The first-order valence-corrected chi connectivity index (χ1v) is 8.49. The van der Waals surface area contributed by atoms with E-state index in [1.807, 2.05) is 0 Å². The van der Waals surface area contributed by atoms with Crippen LogP contribution in [0.3, 0.4) is 0 Å². The van der Waals surface area contributed by atoms with E-state index in [0.717, 1.165) is 0 Å². The monoisotopic (exact) mass is 393 g/mol. The number of aromatic amines is 2. The summed E-state index contributed by atoms with van der Waals surface area (Å²) in [6.45, 7) is 1.35. The van der Waals surface area contributed by atoms with Gasteiger partial charge in [-0.05, 0) is 6.92 Å². The normalized spacial score (nSPS) is 15.2. The maximum Gasteiger partial charge on any atom is 0.326 e. The quantitative estimate of drug-likeness (QED) is 0.233. The average molecular weight is 393 g/mol. The molecule has 0 aliphatic rings. The van der Waals surface area contributed by atoms with Crippen LogP contribution < -0.4 is 16.4 Å². The lowest BCUT2D eigenvalue weighted by Crippen LogP contribution is -2.57. The summed E-state index contributed by atoms with van der Waals surface area (Å²) >= 11 is 0. The van der Waals surface area contributed by atoms with Crippen LogP contribution in [0.25, 0.3) is 0 Å².